The third kappa shape index (κ3) is 8.47. The highest BCUT2D eigenvalue weighted by molar-refractivity contribution is 6.04. The number of anilines is 1. The van der Waals surface area contributed by atoms with Crippen molar-refractivity contribution in [2.75, 3.05) is 32.1 Å². The van der Waals surface area contributed by atoms with E-state index in [1.807, 2.05) is 55.5 Å². The molecule has 1 aromatic heterocycles. The number of hydrogen-bond donors (Lipinski definition) is 2. The predicted octanol–water partition coefficient (Wildman–Crippen LogP) is 5.41. The fourth-order valence-corrected chi connectivity index (χ4v) is 5.40. The molecule has 0 aliphatic carbocycles. The zero-order valence-corrected chi connectivity index (χ0v) is 25.9. The molecule has 3 aromatic carbocycles. The summed E-state index contributed by atoms with van der Waals surface area (Å²) in [5, 5.41) is 12.9. The van der Waals surface area contributed by atoms with Crippen LogP contribution in [0.5, 0.6) is 17.2 Å². The van der Waals surface area contributed by atoms with Crippen LogP contribution in [0.4, 0.5) is 5.69 Å². The van der Waals surface area contributed by atoms with Crippen molar-refractivity contribution in [2.24, 2.45) is 5.92 Å². The minimum absolute atomic E-state index is 0.0240. The maximum absolute atomic E-state index is 13.5. The third-order valence-corrected chi connectivity index (χ3v) is 7.96. The van der Waals surface area contributed by atoms with Gasteiger partial charge in [-0.25, -0.2) is 0 Å². The molecule has 2 amide bonds. The first-order valence-electron chi connectivity index (χ1n) is 15.2. The number of aliphatic hydroxyl groups excluding tert-OH is 1. The molecule has 9 nitrogen and oxygen atoms in total. The summed E-state index contributed by atoms with van der Waals surface area (Å²) in [5.74, 6) is 1.78. The van der Waals surface area contributed by atoms with Gasteiger partial charge in [0.25, 0.3) is 5.91 Å². The molecule has 5 rings (SSSR count). The minimum Gasteiger partial charge on any atom is -0.488 e. The summed E-state index contributed by atoms with van der Waals surface area (Å²) >= 11 is 0. The second-order valence-electron chi connectivity index (χ2n) is 11.7. The van der Waals surface area contributed by atoms with E-state index in [1.165, 1.54) is 0 Å². The minimum atomic E-state index is -0.342. The van der Waals surface area contributed by atoms with Gasteiger partial charge in [0.15, 0.2) is 0 Å². The van der Waals surface area contributed by atoms with Crippen molar-refractivity contribution in [1.82, 2.24) is 14.8 Å². The lowest BCUT2D eigenvalue weighted by Gasteiger charge is -2.34. The molecular weight excluding hydrogens is 568 g/mol. The van der Waals surface area contributed by atoms with Crippen LogP contribution in [-0.4, -0.2) is 70.6 Å². The van der Waals surface area contributed by atoms with Gasteiger partial charge < -0.3 is 24.8 Å². The SMILES string of the molecule is C[C@@H]1CN([C@H](C)CO)C(=O)Cc2cc(NC(=O)c3ccncc3)ccc2O[C@H]1CN(C)Cc1ccc(Oc2ccccc2)cc1. The van der Waals surface area contributed by atoms with Crippen LogP contribution in [-0.2, 0) is 17.8 Å². The summed E-state index contributed by atoms with van der Waals surface area (Å²) in [6.45, 7) is 5.54. The number of para-hydroxylation sites is 1. The lowest BCUT2D eigenvalue weighted by molar-refractivity contribution is -0.134. The fourth-order valence-electron chi connectivity index (χ4n) is 5.40. The van der Waals surface area contributed by atoms with Gasteiger partial charge in [0, 0.05) is 54.8 Å². The van der Waals surface area contributed by atoms with Crippen LogP contribution in [0.2, 0.25) is 0 Å². The first-order valence-corrected chi connectivity index (χ1v) is 15.2. The molecule has 0 bridgehead atoms. The number of likely N-dealkylation sites (N-methyl/N-ethyl adjacent to an activating group) is 1. The highest BCUT2D eigenvalue weighted by Gasteiger charge is 2.31. The Morgan fingerprint density at radius 1 is 1.07 bits per heavy atom. The molecule has 1 aliphatic rings. The van der Waals surface area contributed by atoms with Crippen molar-refractivity contribution in [2.45, 2.75) is 39.0 Å². The number of fused-ring (bicyclic) bond motifs is 1. The molecular formula is C36H40N4O5. The molecule has 2 N–H and O–H groups in total. The number of rotatable bonds is 10. The van der Waals surface area contributed by atoms with Gasteiger partial charge in [0.05, 0.1) is 19.1 Å². The summed E-state index contributed by atoms with van der Waals surface area (Å²) < 4.78 is 12.6. The van der Waals surface area contributed by atoms with Crippen LogP contribution in [0.3, 0.4) is 0 Å². The molecule has 0 saturated heterocycles. The Bertz CT molecular complexity index is 1570. The molecule has 45 heavy (non-hydrogen) atoms. The quantitative estimate of drug-likeness (QED) is 0.248. The van der Waals surface area contributed by atoms with E-state index in [4.69, 9.17) is 9.47 Å². The van der Waals surface area contributed by atoms with Crippen LogP contribution in [0.15, 0.2) is 97.3 Å². The average molecular weight is 609 g/mol. The van der Waals surface area contributed by atoms with Crippen LogP contribution >= 0.6 is 0 Å². The predicted molar refractivity (Wildman–Crippen MR) is 173 cm³/mol. The number of amides is 2. The number of hydrogen-bond acceptors (Lipinski definition) is 7. The first kappa shape index (κ1) is 31.7. The van der Waals surface area contributed by atoms with Gasteiger partial charge in [-0.15, -0.1) is 0 Å². The second-order valence-corrected chi connectivity index (χ2v) is 11.7. The maximum atomic E-state index is 13.5. The number of ether oxygens (including phenoxy) is 2. The molecule has 0 fully saturated rings. The Morgan fingerprint density at radius 2 is 1.78 bits per heavy atom. The lowest BCUT2D eigenvalue weighted by atomic mass is 10.0. The van der Waals surface area contributed by atoms with E-state index in [1.54, 1.807) is 41.6 Å². The molecule has 0 saturated carbocycles. The highest BCUT2D eigenvalue weighted by Crippen LogP contribution is 2.30. The second kappa shape index (κ2) is 14.8. The van der Waals surface area contributed by atoms with E-state index in [0.29, 0.717) is 42.2 Å². The summed E-state index contributed by atoms with van der Waals surface area (Å²) in [6, 6.07) is 26.1. The van der Waals surface area contributed by atoms with E-state index in [-0.39, 0.29) is 42.9 Å². The van der Waals surface area contributed by atoms with E-state index in [2.05, 4.69) is 41.3 Å². The Kier molecular flexibility index (Phi) is 10.4. The van der Waals surface area contributed by atoms with E-state index < -0.39 is 0 Å². The van der Waals surface area contributed by atoms with Crippen LogP contribution in [0, 0.1) is 5.92 Å². The zero-order chi connectivity index (χ0) is 31.8. The molecule has 1 aliphatic heterocycles. The third-order valence-electron chi connectivity index (χ3n) is 7.96. The van der Waals surface area contributed by atoms with Crippen molar-refractivity contribution < 1.29 is 24.2 Å². The maximum Gasteiger partial charge on any atom is 0.255 e. The smallest absolute Gasteiger partial charge is 0.255 e. The van der Waals surface area contributed by atoms with Crippen molar-refractivity contribution in [3.8, 4) is 17.2 Å². The number of pyridine rings is 1. The number of carbonyl (C=O) groups excluding carboxylic acids is 2. The molecule has 9 heteroatoms. The van der Waals surface area contributed by atoms with Gasteiger partial charge in [-0.1, -0.05) is 37.3 Å². The average Bonchev–Trinajstić information content (AvgIpc) is 3.09. The normalized spacial score (nSPS) is 17.4. The molecule has 3 atom stereocenters. The Hall–Kier alpha value is -4.73. The number of benzene rings is 3. The topological polar surface area (TPSA) is 104 Å². The summed E-state index contributed by atoms with van der Waals surface area (Å²) in [7, 11) is 2.05. The monoisotopic (exact) mass is 608 g/mol. The number of nitrogens with one attached hydrogen (secondary N) is 1. The Morgan fingerprint density at radius 3 is 2.49 bits per heavy atom. The zero-order valence-electron chi connectivity index (χ0n) is 25.9. The molecule has 0 radical (unpaired) electrons. The standard InChI is InChI=1S/C36H40N4O5/c1-25-21-40(26(2)24-41)35(42)20-29-19-30(38-36(43)28-15-17-37-18-16-28)11-14-33(29)45-34(25)23-39(3)22-27-9-12-32(13-10-27)44-31-7-5-4-6-8-31/h4-19,25-26,34,41H,20-24H2,1-3H3,(H,38,43)/t25-,26-,34+/m1/s1. The number of aliphatic hydroxyl groups is 1. The number of nitrogens with zero attached hydrogens (tertiary/aromatic N) is 3. The number of carbonyl (C=O) groups is 2. The summed E-state index contributed by atoms with van der Waals surface area (Å²) in [5.41, 5.74) is 2.86. The first-order chi connectivity index (χ1) is 21.8. The van der Waals surface area contributed by atoms with E-state index >= 15 is 0 Å². The van der Waals surface area contributed by atoms with Crippen molar-refractivity contribution >= 4 is 17.5 Å². The Balaban J connectivity index is 1.32. The molecule has 2 heterocycles. The van der Waals surface area contributed by atoms with Gasteiger partial charge in [-0.2, -0.15) is 0 Å². The van der Waals surface area contributed by atoms with Crippen LogP contribution < -0.4 is 14.8 Å². The highest BCUT2D eigenvalue weighted by atomic mass is 16.5. The molecule has 0 spiro atoms. The van der Waals surface area contributed by atoms with Gasteiger partial charge in [-0.05, 0) is 74.1 Å². The molecule has 0 unspecified atom stereocenters. The van der Waals surface area contributed by atoms with Gasteiger partial charge in [-0.3, -0.25) is 19.5 Å². The largest absolute Gasteiger partial charge is 0.488 e. The summed E-state index contributed by atoms with van der Waals surface area (Å²) in [4.78, 5) is 34.2. The molecule has 4 aromatic rings. The van der Waals surface area contributed by atoms with Gasteiger partial charge in [0.1, 0.15) is 23.4 Å². The van der Waals surface area contributed by atoms with Crippen molar-refractivity contribution in [3.63, 3.8) is 0 Å². The van der Waals surface area contributed by atoms with Crippen LogP contribution in [0.25, 0.3) is 0 Å². The van der Waals surface area contributed by atoms with Gasteiger partial charge >= 0.3 is 0 Å². The summed E-state index contributed by atoms with van der Waals surface area (Å²) in [6.07, 6.45) is 2.98. The van der Waals surface area contributed by atoms with Crippen molar-refractivity contribution in [1.29, 1.82) is 0 Å². The van der Waals surface area contributed by atoms with E-state index in [9.17, 15) is 14.7 Å². The van der Waals surface area contributed by atoms with Crippen LogP contribution in [0.1, 0.15) is 35.3 Å². The molecule has 234 valence electrons. The number of aromatic nitrogens is 1. The van der Waals surface area contributed by atoms with E-state index in [0.717, 1.165) is 17.1 Å². The van der Waals surface area contributed by atoms with Gasteiger partial charge in [0.2, 0.25) is 5.91 Å². The Labute approximate surface area is 264 Å². The van der Waals surface area contributed by atoms with Crippen molar-refractivity contribution in [3.05, 3.63) is 114 Å². The lowest BCUT2D eigenvalue weighted by Crippen LogP contribution is -2.47. The fraction of sp³-hybridized carbons (Fsp3) is 0.306.